The predicted octanol–water partition coefficient (Wildman–Crippen LogP) is 1.93. The van der Waals surface area contributed by atoms with E-state index in [2.05, 4.69) is 10.2 Å². The molecule has 1 heterocycles. The second-order valence-corrected chi connectivity index (χ2v) is 4.33. The summed E-state index contributed by atoms with van der Waals surface area (Å²) in [5.41, 5.74) is 0.813. The van der Waals surface area contributed by atoms with Crippen LogP contribution in [0.25, 0.3) is 0 Å². The molecule has 1 aliphatic heterocycles. The van der Waals surface area contributed by atoms with Gasteiger partial charge in [0.25, 0.3) is 0 Å². The molecule has 0 bridgehead atoms. The third-order valence-electron chi connectivity index (χ3n) is 3.37. The molecular weight excluding hydrogens is 210 g/mol. The maximum atomic E-state index is 13.1. The van der Waals surface area contributed by atoms with E-state index in [1.807, 2.05) is 14.0 Å². The summed E-state index contributed by atoms with van der Waals surface area (Å²) in [5.74, 6) is -1.56. The zero-order chi connectivity index (χ0) is 11.7. The molecule has 0 aliphatic carbocycles. The summed E-state index contributed by atoms with van der Waals surface area (Å²) in [6.45, 7) is 3.93. The number of hydrogen-bond acceptors (Lipinski definition) is 2. The van der Waals surface area contributed by atoms with Crippen LogP contribution in [0.15, 0.2) is 18.2 Å². The zero-order valence-electron chi connectivity index (χ0n) is 9.50. The van der Waals surface area contributed by atoms with Gasteiger partial charge in [-0.25, -0.2) is 8.78 Å². The van der Waals surface area contributed by atoms with E-state index in [0.717, 1.165) is 18.7 Å². The molecule has 16 heavy (non-hydrogen) atoms. The first kappa shape index (κ1) is 11.5. The number of rotatable bonds is 3. The lowest BCUT2D eigenvalue weighted by Gasteiger charge is -2.39. The highest BCUT2D eigenvalue weighted by Crippen LogP contribution is 2.23. The van der Waals surface area contributed by atoms with E-state index in [1.54, 1.807) is 6.07 Å². The fraction of sp³-hybridized carbons (Fsp3) is 0.500. The second kappa shape index (κ2) is 4.47. The Kier molecular flexibility index (Phi) is 3.21. The maximum Gasteiger partial charge on any atom is 0.159 e. The van der Waals surface area contributed by atoms with Crippen molar-refractivity contribution >= 4 is 0 Å². The average Bonchev–Trinajstić information content (AvgIpc) is 2.18. The van der Waals surface area contributed by atoms with Gasteiger partial charge in [-0.2, -0.15) is 0 Å². The fourth-order valence-corrected chi connectivity index (χ4v) is 1.89. The van der Waals surface area contributed by atoms with E-state index in [-0.39, 0.29) is 6.04 Å². The molecule has 0 radical (unpaired) electrons. The van der Waals surface area contributed by atoms with Gasteiger partial charge in [-0.3, -0.25) is 4.90 Å². The Labute approximate surface area is 94.3 Å². The summed E-state index contributed by atoms with van der Waals surface area (Å²) < 4.78 is 25.9. The van der Waals surface area contributed by atoms with Crippen LogP contribution in [0.2, 0.25) is 0 Å². The van der Waals surface area contributed by atoms with Crippen molar-refractivity contribution < 1.29 is 8.78 Å². The van der Waals surface area contributed by atoms with Gasteiger partial charge >= 0.3 is 0 Å². The molecule has 0 saturated carbocycles. The molecule has 1 saturated heterocycles. The summed E-state index contributed by atoms with van der Waals surface area (Å²) in [4.78, 5) is 2.18. The molecule has 1 unspecified atom stereocenters. The minimum Gasteiger partial charge on any atom is -0.314 e. The molecule has 1 aliphatic rings. The van der Waals surface area contributed by atoms with Gasteiger partial charge in [-0.05, 0) is 31.7 Å². The van der Waals surface area contributed by atoms with Crippen LogP contribution in [-0.4, -0.2) is 31.1 Å². The first-order valence-corrected chi connectivity index (χ1v) is 5.47. The van der Waals surface area contributed by atoms with E-state index in [1.165, 1.54) is 12.1 Å². The monoisotopic (exact) mass is 226 g/mol. The highest BCUT2D eigenvalue weighted by Gasteiger charge is 2.26. The lowest BCUT2D eigenvalue weighted by Crippen LogP contribution is -2.56. The van der Waals surface area contributed by atoms with Crippen molar-refractivity contribution in [2.75, 3.05) is 20.1 Å². The Morgan fingerprint density at radius 3 is 2.50 bits per heavy atom. The van der Waals surface area contributed by atoms with E-state index < -0.39 is 11.6 Å². The van der Waals surface area contributed by atoms with E-state index in [9.17, 15) is 8.78 Å². The Hall–Kier alpha value is -1.00. The Bertz CT molecular complexity index is 377. The Morgan fingerprint density at radius 1 is 1.31 bits per heavy atom. The van der Waals surface area contributed by atoms with Crippen molar-refractivity contribution in [2.24, 2.45) is 0 Å². The lowest BCUT2D eigenvalue weighted by molar-refractivity contribution is 0.136. The van der Waals surface area contributed by atoms with Crippen LogP contribution in [0.4, 0.5) is 8.78 Å². The number of halogens is 2. The third-order valence-corrected chi connectivity index (χ3v) is 3.37. The fourth-order valence-electron chi connectivity index (χ4n) is 1.89. The Morgan fingerprint density at radius 2 is 2.00 bits per heavy atom. The third kappa shape index (κ3) is 2.08. The number of nitrogens with zero attached hydrogens (tertiary/aromatic N) is 1. The first-order valence-electron chi connectivity index (χ1n) is 5.47. The van der Waals surface area contributed by atoms with Gasteiger partial charge in [0.05, 0.1) is 0 Å². The van der Waals surface area contributed by atoms with Crippen molar-refractivity contribution in [3.63, 3.8) is 0 Å². The summed E-state index contributed by atoms with van der Waals surface area (Å²) in [6.07, 6.45) is 0. The molecule has 0 spiro atoms. The molecule has 0 amide bonds. The molecule has 2 rings (SSSR count). The second-order valence-electron chi connectivity index (χ2n) is 4.33. The van der Waals surface area contributed by atoms with Crippen molar-refractivity contribution in [3.8, 4) is 0 Å². The van der Waals surface area contributed by atoms with Crippen LogP contribution in [-0.2, 0) is 0 Å². The van der Waals surface area contributed by atoms with Crippen LogP contribution in [0.5, 0.6) is 0 Å². The number of nitrogens with one attached hydrogen (secondary N) is 1. The van der Waals surface area contributed by atoms with Crippen LogP contribution in [0.1, 0.15) is 18.5 Å². The SMILES string of the molecule is CC(c1ccc(F)c(F)c1)N(C)C1CNC1. The topological polar surface area (TPSA) is 15.3 Å². The molecule has 1 aromatic carbocycles. The molecule has 1 aromatic rings. The molecule has 4 heteroatoms. The van der Waals surface area contributed by atoms with Crippen molar-refractivity contribution in [1.82, 2.24) is 10.2 Å². The van der Waals surface area contributed by atoms with Crippen LogP contribution in [0.3, 0.4) is 0 Å². The normalized spacial score (nSPS) is 18.6. The summed E-state index contributed by atoms with van der Waals surface area (Å²) in [6, 6.07) is 4.70. The van der Waals surface area contributed by atoms with Gasteiger partial charge in [-0.1, -0.05) is 6.07 Å². The molecule has 88 valence electrons. The van der Waals surface area contributed by atoms with Gasteiger partial charge in [-0.15, -0.1) is 0 Å². The molecular formula is C12H16F2N2. The molecule has 0 aromatic heterocycles. The minimum absolute atomic E-state index is 0.0993. The van der Waals surface area contributed by atoms with Gasteiger partial charge in [0, 0.05) is 25.2 Å². The van der Waals surface area contributed by atoms with Gasteiger partial charge in [0.15, 0.2) is 11.6 Å². The summed E-state index contributed by atoms with van der Waals surface area (Å²) in [5, 5.41) is 3.19. The smallest absolute Gasteiger partial charge is 0.159 e. The van der Waals surface area contributed by atoms with Crippen LogP contribution < -0.4 is 5.32 Å². The average molecular weight is 226 g/mol. The highest BCUT2D eigenvalue weighted by atomic mass is 19.2. The van der Waals surface area contributed by atoms with Crippen molar-refractivity contribution in [2.45, 2.75) is 19.0 Å². The van der Waals surface area contributed by atoms with Crippen molar-refractivity contribution in [1.29, 1.82) is 0 Å². The minimum atomic E-state index is -0.788. The highest BCUT2D eigenvalue weighted by molar-refractivity contribution is 5.21. The summed E-state index contributed by atoms with van der Waals surface area (Å²) >= 11 is 0. The lowest BCUT2D eigenvalue weighted by atomic mass is 10.0. The van der Waals surface area contributed by atoms with Crippen molar-refractivity contribution in [3.05, 3.63) is 35.4 Å². The molecule has 1 N–H and O–H groups in total. The van der Waals surface area contributed by atoms with E-state index in [0.29, 0.717) is 6.04 Å². The number of likely N-dealkylation sites (N-methyl/N-ethyl adjacent to an activating group) is 1. The molecule has 2 nitrogen and oxygen atoms in total. The predicted molar refractivity (Wildman–Crippen MR) is 59.2 cm³/mol. The maximum absolute atomic E-state index is 13.1. The standard InChI is InChI=1S/C12H16F2N2/c1-8(16(2)10-6-15-7-10)9-3-4-11(13)12(14)5-9/h3-5,8,10,15H,6-7H2,1-2H3. The summed E-state index contributed by atoms with van der Waals surface area (Å²) in [7, 11) is 2.01. The van der Waals surface area contributed by atoms with E-state index in [4.69, 9.17) is 0 Å². The first-order chi connectivity index (χ1) is 7.59. The largest absolute Gasteiger partial charge is 0.314 e. The van der Waals surface area contributed by atoms with Gasteiger partial charge in [0.2, 0.25) is 0 Å². The quantitative estimate of drug-likeness (QED) is 0.847. The van der Waals surface area contributed by atoms with Gasteiger partial charge in [0.1, 0.15) is 0 Å². The Balaban J connectivity index is 2.12. The van der Waals surface area contributed by atoms with Crippen LogP contribution in [0, 0.1) is 11.6 Å². The van der Waals surface area contributed by atoms with Gasteiger partial charge < -0.3 is 5.32 Å². The van der Waals surface area contributed by atoms with Crippen LogP contribution >= 0.6 is 0 Å². The van der Waals surface area contributed by atoms with E-state index >= 15 is 0 Å². The number of hydrogen-bond donors (Lipinski definition) is 1. The zero-order valence-corrected chi connectivity index (χ0v) is 9.50. The molecule has 1 fully saturated rings. The number of benzene rings is 1. The molecule has 1 atom stereocenters.